The fraction of sp³-hybridized carbons (Fsp3) is 0.462. The molecule has 5 nitrogen and oxygen atoms in total. The van der Waals surface area contributed by atoms with Crippen molar-refractivity contribution in [2.75, 3.05) is 0 Å². The van der Waals surface area contributed by atoms with E-state index in [0.717, 1.165) is 0 Å². The Morgan fingerprint density at radius 3 is 2.55 bits per heavy atom. The van der Waals surface area contributed by atoms with Crippen molar-refractivity contribution in [1.82, 2.24) is 10.3 Å². The van der Waals surface area contributed by atoms with Crippen LogP contribution in [-0.4, -0.2) is 23.0 Å². The van der Waals surface area contributed by atoms with Crippen LogP contribution in [0.15, 0.2) is 16.7 Å². The number of rotatable bonds is 3. The van der Waals surface area contributed by atoms with Gasteiger partial charge in [0.2, 0.25) is 5.95 Å². The van der Waals surface area contributed by atoms with Crippen molar-refractivity contribution in [3.05, 3.63) is 28.2 Å². The Hall–Kier alpha value is -1.50. The van der Waals surface area contributed by atoms with E-state index in [4.69, 9.17) is 4.74 Å². The highest BCUT2D eigenvalue weighted by molar-refractivity contribution is 9.10. The maximum Gasteiger partial charge on any atom is 0.408 e. The van der Waals surface area contributed by atoms with Gasteiger partial charge >= 0.3 is 6.09 Å². The highest BCUT2D eigenvalue weighted by Crippen LogP contribution is 2.24. The van der Waals surface area contributed by atoms with Crippen LogP contribution in [0.1, 0.15) is 33.3 Å². The molecule has 1 amide bonds. The Bertz CT molecular complexity index is 531. The lowest BCUT2D eigenvalue weighted by Gasteiger charge is -2.27. The van der Waals surface area contributed by atoms with Crippen LogP contribution in [0.4, 0.5) is 9.18 Å². The van der Waals surface area contributed by atoms with Gasteiger partial charge in [0.1, 0.15) is 17.4 Å². The molecule has 1 unspecified atom stereocenters. The zero-order chi connectivity index (χ0) is 15.6. The summed E-state index contributed by atoms with van der Waals surface area (Å²) in [6.45, 7) is 6.43. The average molecular weight is 347 g/mol. The number of nitrogens with zero attached hydrogens (tertiary/aromatic N) is 1. The lowest BCUT2D eigenvalue weighted by Crippen LogP contribution is -2.47. The molecule has 0 bridgehead atoms. The van der Waals surface area contributed by atoms with Crippen molar-refractivity contribution < 1.29 is 18.7 Å². The number of aromatic nitrogens is 1. The number of alkyl carbamates (subject to hydrolysis) is 1. The summed E-state index contributed by atoms with van der Waals surface area (Å²) in [6.07, 6.45) is 0.882. The van der Waals surface area contributed by atoms with Gasteiger partial charge in [-0.15, -0.1) is 0 Å². The Labute approximate surface area is 125 Å². The molecular formula is C13H16BrFN2O3. The first kappa shape index (κ1) is 16.6. The average Bonchev–Trinajstić information content (AvgIpc) is 2.29. The lowest BCUT2D eigenvalue weighted by atomic mass is 9.95. The van der Waals surface area contributed by atoms with Crippen LogP contribution < -0.4 is 5.32 Å². The van der Waals surface area contributed by atoms with Crippen LogP contribution in [0.2, 0.25) is 0 Å². The van der Waals surface area contributed by atoms with Crippen molar-refractivity contribution >= 4 is 28.3 Å². The molecule has 0 aliphatic heterocycles. The molecule has 1 aromatic heterocycles. The summed E-state index contributed by atoms with van der Waals surface area (Å²) < 4.78 is 19.3. The van der Waals surface area contributed by atoms with E-state index in [1.165, 1.54) is 19.2 Å². The van der Waals surface area contributed by atoms with Crippen molar-refractivity contribution in [2.24, 2.45) is 0 Å². The van der Waals surface area contributed by atoms with E-state index in [1.807, 2.05) is 0 Å². The first-order valence-corrected chi connectivity index (χ1v) is 6.66. The van der Waals surface area contributed by atoms with Crippen LogP contribution in [0.3, 0.4) is 0 Å². The first-order chi connectivity index (χ1) is 9.07. The smallest absolute Gasteiger partial charge is 0.408 e. The minimum atomic E-state index is -1.57. The molecule has 0 saturated heterocycles. The molecule has 0 aromatic carbocycles. The van der Waals surface area contributed by atoms with Gasteiger partial charge in [-0.05, 0) is 49.7 Å². The number of aldehydes is 1. The molecule has 0 radical (unpaired) electrons. The molecule has 7 heteroatoms. The van der Waals surface area contributed by atoms with E-state index in [0.29, 0.717) is 10.8 Å². The van der Waals surface area contributed by atoms with Crippen molar-refractivity contribution in [1.29, 1.82) is 0 Å². The molecule has 1 atom stereocenters. The molecule has 1 rings (SSSR count). The highest BCUT2D eigenvalue weighted by Gasteiger charge is 2.33. The highest BCUT2D eigenvalue weighted by atomic mass is 79.9. The quantitative estimate of drug-likeness (QED) is 0.674. The van der Waals surface area contributed by atoms with Gasteiger partial charge in [0.05, 0.1) is 0 Å². The fourth-order valence-electron chi connectivity index (χ4n) is 1.46. The van der Waals surface area contributed by atoms with Crippen LogP contribution in [-0.2, 0) is 15.1 Å². The molecule has 0 spiro atoms. The second-order valence-electron chi connectivity index (χ2n) is 5.44. The molecule has 1 N–H and O–H groups in total. The molecule has 0 aliphatic rings. The van der Waals surface area contributed by atoms with Gasteiger partial charge in [-0.2, -0.15) is 4.39 Å². The second-order valence-corrected chi connectivity index (χ2v) is 6.35. The maximum atomic E-state index is 13.8. The number of ether oxygens (including phenoxy) is 1. The third-order valence-corrected chi connectivity index (χ3v) is 2.80. The van der Waals surface area contributed by atoms with Gasteiger partial charge in [0.25, 0.3) is 0 Å². The molecule has 1 aromatic rings. The summed E-state index contributed by atoms with van der Waals surface area (Å²) in [4.78, 5) is 26.6. The van der Waals surface area contributed by atoms with Crippen LogP contribution in [0.5, 0.6) is 0 Å². The third kappa shape index (κ3) is 4.26. The molecule has 0 aliphatic carbocycles. The number of carbonyl (C=O) groups excluding carboxylic acids is 2. The van der Waals surface area contributed by atoms with E-state index in [2.05, 4.69) is 26.2 Å². The molecule has 110 valence electrons. The van der Waals surface area contributed by atoms with Gasteiger partial charge in [-0.25, -0.2) is 9.78 Å². The summed E-state index contributed by atoms with van der Waals surface area (Å²) in [5.41, 5.74) is -2.33. The molecule has 20 heavy (non-hydrogen) atoms. The summed E-state index contributed by atoms with van der Waals surface area (Å²) >= 11 is 3.14. The minimum absolute atomic E-state index is 0.0484. The SMILES string of the molecule is CC(C)(C)OC(=O)NC(C)(C=O)c1cc(Br)cnc1F. The fourth-order valence-corrected chi connectivity index (χ4v) is 1.79. The first-order valence-electron chi connectivity index (χ1n) is 5.86. The Kier molecular flexibility index (Phi) is 4.86. The normalized spacial score (nSPS) is 14.3. The van der Waals surface area contributed by atoms with Gasteiger partial charge in [0, 0.05) is 16.2 Å². The molecular weight excluding hydrogens is 331 g/mol. The van der Waals surface area contributed by atoms with E-state index in [1.54, 1.807) is 20.8 Å². The van der Waals surface area contributed by atoms with Crippen LogP contribution in [0.25, 0.3) is 0 Å². The molecule has 0 saturated carbocycles. The number of carbonyl (C=O) groups is 2. The van der Waals surface area contributed by atoms with Crippen LogP contribution >= 0.6 is 15.9 Å². The van der Waals surface area contributed by atoms with Gasteiger partial charge in [0.15, 0.2) is 0 Å². The summed E-state index contributed by atoms with van der Waals surface area (Å²) in [7, 11) is 0. The predicted molar refractivity (Wildman–Crippen MR) is 74.7 cm³/mol. The van der Waals surface area contributed by atoms with Crippen molar-refractivity contribution in [3.63, 3.8) is 0 Å². The van der Waals surface area contributed by atoms with Crippen molar-refractivity contribution in [2.45, 2.75) is 38.8 Å². The molecule has 1 heterocycles. The van der Waals surface area contributed by atoms with Gasteiger partial charge in [-0.3, -0.25) is 0 Å². The monoisotopic (exact) mass is 346 g/mol. The largest absolute Gasteiger partial charge is 0.444 e. The summed E-state index contributed by atoms with van der Waals surface area (Å²) in [6, 6.07) is 1.38. The summed E-state index contributed by atoms with van der Waals surface area (Å²) in [5.74, 6) is -0.834. The maximum absolute atomic E-state index is 13.8. The number of halogens is 2. The van der Waals surface area contributed by atoms with E-state index in [-0.39, 0.29) is 5.56 Å². The van der Waals surface area contributed by atoms with Crippen molar-refractivity contribution in [3.8, 4) is 0 Å². The number of hydrogen-bond donors (Lipinski definition) is 1. The van der Waals surface area contributed by atoms with Gasteiger partial charge < -0.3 is 14.8 Å². The standard InChI is InChI=1S/C13H16BrFN2O3/c1-12(2,3)20-11(19)17-13(4,7-18)9-5-8(14)6-16-10(9)15/h5-7H,1-4H3,(H,17,19). The number of hydrogen-bond acceptors (Lipinski definition) is 4. The zero-order valence-corrected chi connectivity index (χ0v) is 13.2. The second kappa shape index (κ2) is 5.87. The van der Waals surface area contributed by atoms with Gasteiger partial charge in [-0.1, -0.05) is 0 Å². The third-order valence-electron chi connectivity index (χ3n) is 2.36. The number of amides is 1. The predicted octanol–water partition coefficient (Wildman–Crippen LogP) is 2.92. The van der Waals surface area contributed by atoms with E-state index in [9.17, 15) is 14.0 Å². The lowest BCUT2D eigenvalue weighted by molar-refractivity contribution is -0.113. The van der Waals surface area contributed by atoms with E-state index >= 15 is 0 Å². The summed E-state index contributed by atoms with van der Waals surface area (Å²) in [5, 5.41) is 2.35. The Morgan fingerprint density at radius 2 is 2.05 bits per heavy atom. The Morgan fingerprint density at radius 1 is 1.45 bits per heavy atom. The van der Waals surface area contributed by atoms with Crippen LogP contribution in [0, 0.1) is 5.95 Å². The Balaban J connectivity index is 3.06. The topological polar surface area (TPSA) is 68.3 Å². The zero-order valence-electron chi connectivity index (χ0n) is 11.7. The number of nitrogens with one attached hydrogen (secondary N) is 1. The minimum Gasteiger partial charge on any atom is -0.444 e. The molecule has 0 fully saturated rings. The number of pyridine rings is 1. The van der Waals surface area contributed by atoms with E-state index < -0.39 is 23.2 Å².